The maximum atomic E-state index is 13.2. The Balaban J connectivity index is 1.45. The summed E-state index contributed by atoms with van der Waals surface area (Å²) in [5.74, 6) is 0.998. The number of hydrogen-bond acceptors (Lipinski definition) is 5. The number of nitrogens with zero attached hydrogens (tertiary/aromatic N) is 3. The molecule has 2 aromatic carbocycles. The fourth-order valence-corrected chi connectivity index (χ4v) is 6.22. The first-order valence-electron chi connectivity index (χ1n) is 10.9. The van der Waals surface area contributed by atoms with Gasteiger partial charge in [-0.15, -0.1) is 0 Å². The quantitative estimate of drug-likeness (QED) is 0.563. The van der Waals surface area contributed by atoms with Crippen LogP contribution in [0.3, 0.4) is 0 Å². The van der Waals surface area contributed by atoms with Crippen molar-refractivity contribution in [3.05, 3.63) is 58.7 Å². The Morgan fingerprint density at radius 1 is 1.09 bits per heavy atom. The minimum absolute atomic E-state index is 0.0246. The molecule has 1 saturated carbocycles. The molecule has 0 amide bonds. The minimum atomic E-state index is -3.80. The second kappa shape index (κ2) is 8.58. The van der Waals surface area contributed by atoms with Crippen LogP contribution in [0.1, 0.15) is 42.7 Å². The molecule has 7 nitrogen and oxygen atoms in total. The van der Waals surface area contributed by atoms with E-state index in [4.69, 9.17) is 11.6 Å². The number of rotatable bonds is 5. The van der Waals surface area contributed by atoms with Crippen molar-refractivity contribution in [2.45, 2.75) is 42.6 Å². The van der Waals surface area contributed by atoms with Gasteiger partial charge in [0.25, 0.3) is 0 Å². The molecule has 0 unspecified atom stereocenters. The lowest BCUT2D eigenvalue weighted by molar-refractivity contribution is 0.113. The van der Waals surface area contributed by atoms with Gasteiger partial charge in [0.2, 0.25) is 10.0 Å². The summed E-state index contributed by atoms with van der Waals surface area (Å²) in [4.78, 5) is 7.78. The number of imidazole rings is 1. The largest absolute Gasteiger partial charge is 0.393 e. The maximum absolute atomic E-state index is 13.2. The molecule has 1 aliphatic heterocycles. The maximum Gasteiger partial charge on any atom is 0.244 e. The number of halogens is 1. The standard InChI is InChI=1S/C24H23ClN4O3S/c25-21-6-4-17(12-23(21)33(31,32)29-9-7-19(30)8-10-29)24-27-14-22(28-24)16-3-5-20(15-1-2-15)18(11-16)13-26/h3-6,11-12,14-15,19,30H,1-2,7-10H2,(H,27,28). The zero-order valence-electron chi connectivity index (χ0n) is 17.8. The summed E-state index contributed by atoms with van der Waals surface area (Å²) in [5, 5.41) is 19.4. The molecule has 9 heteroatoms. The first kappa shape index (κ1) is 22.1. The van der Waals surface area contributed by atoms with Crippen molar-refractivity contribution in [2.75, 3.05) is 13.1 Å². The molecule has 33 heavy (non-hydrogen) atoms. The number of sulfonamides is 1. The average molecular weight is 483 g/mol. The molecule has 2 fully saturated rings. The van der Waals surface area contributed by atoms with Crippen molar-refractivity contribution in [1.82, 2.24) is 14.3 Å². The number of H-pyrrole nitrogens is 1. The van der Waals surface area contributed by atoms with Crippen LogP contribution in [-0.2, 0) is 10.0 Å². The molecule has 5 rings (SSSR count). The van der Waals surface area contributed by atoms with Gasteiger partial charge in [0.1, 0.15) is 10.7 Å². The van der Waals surface area contributed by atoms with Crippen molar-refractivity contribution in [2.24, 2.45) is 0 Å². The predicted octanol–water partition coefficient (Wildman–Crippen LogP) is 4.29. The highest BCUT2D eigenvalue weighted by atomic mass is 35.5. The van der Waals surface area contributed by atoms with E-state index < -0.39 is 16.1 Å². The molecule has 3 aromatic rings. The molecule has 2 heterocycles. The number of hydrogen-bond donors (Lipinski definition) is 2. The number of nitrogens with one attached hydrogen (secondary N) is 1. The van der Waals surface area contributed by atoms with Gasteiger partial charge in [-0.3, -0.25) is 0 Å². The fraction of sp³-hybridized carbons (Fsp3) is 0.333. The molecule has 0 spiro atoms. The molecule has 170 valence electrons. The molecule has 2 N–H and O–H groups in total. The van der Waals surface area contributed by atoms with Crippen LogP contribution in [0.15, 0.2) is 47.5 Å². The fourth-order valence-electron chi connectivity index (χ4n) is 4.25. The molecule has 2 aliphatic rings. The van der Waals surface area contributed by atoms with Crippen molar-refractivity contribution < 1.29 is 13.5 Å². The number of benzene rings is 2. The third-order valence-corrected chi connectivity index (χ3v) is 8.69. The van der Waals surface area contributed by atoms with Gasteiger partial charge in [-0.25, -0.2) is 13.4 Å². The smallest absolute Gasteiger partial charge is 0.244 e. The molecule has 1 aromatic heterocycles. The Hall–Kier alpha value is -2.70. The van der Waals surface area contributed by atoms with E-state index in [9.17, 15) is 18.8 Å². The van der Waals surface area contributed by atoms with Gasteiger partial charge < -0.3 is 10.1 Å². The lowest BCUT2D eigenvalue weighted by Gasteiger charge is -2.29. The van der Waals surface area contributed by atoms with E-state index >= 15 is 0 Å². The Morgan fingerprint density at radius 2 is 1.82 bits per heavy atom. The van der Waals surface area contributed by atoms with E-state index in [1.54, 1.807) is 18.3 Å². The normalized spacial score (nSPS) is 17.7. The first-order valence-corrected chi connectivity index (χ1v) is 12.8. The summed E-state index contributed by atoms with van der Waals surface area (Å²) in [7, 11) is -3.80. The van der Waals surface area contributed by atoms with Crippen molar-refractivity contribution >= 4 is 21.6 Å². The summed E-state index contributed by atoms with van der Waals surface area (Å²) >= 11 is 6.28. The molecular weight excluding hydrogens is 460 g/mol. The van der Waals surface area contributed by atoms with Gasteiger partial charge in [0.15, 0.2) is 0 Å². The molecule has 0 radical (unpaired) electrons. The van der Waals surface area contributed by atoms with Gasteiger partial charge >= 0.3 is 0 Å². The van der Waals surface area contributed by atoms with Crippen LogP contribution in [0.4, 0.5) is 0 Å². The van der Waals surface area contributed by atoms with Gasteiger partial charge in [-0.1, -0.05) is 23.7 Å². The summed E-state index contributed by atoms with van der Waals surface area (Å²) in [6.07, 6.45) is 4.34. The Kier molecular flexibility index (Phi) is 5.75. The summed E-state index contributed by atoms with van der Waals surface area (Å²) < 4.78 is 27.7. The molecule has 0 atom stereocenters. The van der Waals surface area contributed by atoms with Crippen LogP contribution in [0, 0.1) is 11.3 Å². The van der Waals surface area contributed by atoms with E-state index in [0.717, 1.165) is 24.0 Å². The molecule has 1 saturated heterocycles. The second-order valence-corrected chi connectivity index (χ2v) is 10.9. The van der Waals surface area contributed by atoms with Gasteiger partial charge in [-0.05, 0) is 61.4 Å². The van der Waals surface area contributed by atoms with Crippen LogP contribution in [0.5, 0.6) is 0 Å². The minimum Gasteiger partial charge on any atom is -0.393 e. The van der Waals surface area contributed by atoms with Gasteiger partial charge in [-0.2, -0.15) is 9.57 Å². The topological polar surface area (TPSA) is 110 Å². The highest BCUT2D eigenvalue weighted by molar-refractivity contribution is 7.89. The molecular formula is C24H23ClN4O3S. The third-order valence-electron chi connectivity index (χ3n) is 6.31. The Morgan fingerprint density at radius 3 is 2.52 bits per heavy atom. The van der Waals surface area contributed by atoms with Crippen LogP contribution in [0.2, 0.25) is 5.02 Å². The summed E-state index contributed by atoms with van der Waals surface area (Å²) in [5.41, 5.74) is 3.86. The third kappa shape index (κ3) is 4.30. The van der Waals surface area contributed by atoms with E-state index in [-0.39, 0.29) is 23.0 Å². The average Bonchev–Trinajstić information content (AvgIpc) is 3.55. The predicted molar refractivity (Wildman–Crippen MR) is 125 cm³/mol. The second-order valence-electron chi connectivity index (χ2n) is 8.60. The Bertz CT molecular complexity index is 1350. The summed E-state index contributed by atoms with van der Waals surface area (Å²) in [6.45, 7) is 0.514. The van der Waals surface area contributed by atoms with E-state index in [0.29, 0.717) is 41.4 Å². The lowest BCUT2D eigenvalue weighted by Crippen LogP contribution is -2.40. The lowest BCUT2D eigenvalue weighted by atomic mass is 10.00. The monoisotopic (exact) mass is 482 g/mol. The molecule has 1 aliphatic carbocycles. The SMILES string of the molecule is N#Cc1cc(-c2c[nH]c(-c3ccc(Cl)c(S(=O)(=O)N4CCC(O)CC4)c3)n2)ccc1C1CC1. The van der Waals surface area contributed by atoms with Crippen LogP contribution >= 0.6 is 11.6 Å². The summed E-state index contributed by atoms with van der Waals surface area (Å²) in [6, 6.07) is 12.9. The van der Waals surface area contributed by atoms with Crippen LogP contribution in [0.25, 0.3) is 22.6 Å². The number of piperidine rings is 1. The van der Waals surface area contributed by atoms with Gasteiger partial charge in [0.05, 0.1) is 28.5 Å². The van der Waals surface area contributed by atoms with Crippen LogP contribution < -0.4 is 0 Å². The number of aliphatic hydroxyl groups is 1. The van der Waals surface area contributed by atoms with Crippen LogP contribution in [-0.4, -0.2) is 47.0 Å². The van der Waals surface area contributed by atoms with Crippen molar-refractivity contribution in [3.8, 4) is 28.7 Å². The number of aliphatic hydroxyl groups excluding tert-OH is 1. The zero-order valence-corrected chi connectivity index (χ0v) is 19.4. The Labute approximate surface area is 197 Å². The number of aromatic nitrogens is 2. The number of aromatic amines is 1. The van der Waals surface area contributed by atoms with E-state index in [1.165, 1.54) is 10.4 Å². The molecule has 0 bridgehead atoms. The van der Waals surface area contributed by atoms with Crippen molar-refractivity contribution in [3.63, 3.8) is 0 Å². The highest BCUT2D eigenvalue weighted by Crippen LogP contribution is 2.42. The number of nitriles is 1. The first-order chi connectivity index (χ1) is 15.9. The zero-order chi connectivity index (χ0) is 23.2. The van der Waals surface area contributed by atoms with Crippen molar-refractivity contribution in [1.29, 1.82) is 5.26 Å². The van der Waals surface area contributed by atoms with E-state index in [2.05, 4.69) is 16.0 Å². The van der Waals surface area contributed by atoms with Gasteiger partial charge in [0, 0.05) is 30.4 Å². The highest BCUT2D eigenvalue weighted by Gasteiger charge is 2.31. The van der Waals surface area contributed by atoms with E-state index in [1.807, 2.05) is 18.2 Å².